The fourth-order valence-corrected chi connectivity index (χ4v) is 7.28. The number of nitrogens with zero attached hydrogens (tertiary/aromatic N) is 3. The molecule has 4 aromatic rings. The van der Waals surface area contributed by atoms with Crippen LogP contribution in [0.4, 0.5) is 11.4 Å². The minimum absolute atomic E-state index is 0.238. The van der Waals surface area contributed by atoms with Gasteiger partial charge in [0.05, 0.1) is 9.79 Å². The first kappa shape index (κ1) is 38.4. The van der Waals surface area contributed by atoms with Crippen molar-refractivity contribution in [3.63, 3.8) is 0 Å². The zero-order valence-corrected chi connectivity index (χ0v) is 31.5. The van der Waals surface area contributed by atoms with E-state index >= 15 is 0 Å². The molecule has 1 aliphatic carbocycles. The predicted octanol–water partition coefficient (Wildman–Crippen LogP) is 6.97. The van der Waals surface area contributed by atoms with E-state index in [-0.39, 0.29) is 9.79 Å². The topological polar surface area (TPSA) is 124 Å². The number of allylic oxidation sites excluding steroid dienone is 5. The Morgan fingerprint density at radius 3 is 1.38 bits per heavy atom. The summed E-state index contributed by atoms with van der Waals surface area (Å²) in [5.74, 6) is 0. The molecule has 0 fully saturated rings. The fourth-order valence-electron chi connectivity index (χ4n) is 6.34. The largest absolute Gasteiger partial charge is 0.744 e. The maximum atomic E-state index is 11.4. The lowest BCUT2D eigenvalue weighted by molar-refractivity contribution is -0.539. The van der Waals surface area contributed by atoms with E-state index in [2.05, 4.69) is 115 Å². The van der Waals surface area contributed by atoms with E-state index in [1.165, 1.54) is 24.3 Å². The molecule has 0 N–H and O–H groups in total. The second-order valence-corrected chi connectivity index (χ2v) is 15.2. The van der Waals surface area contributed by atoms with E-state index in [0.717, 1.165) is 76.7 Å². The number of anilines is 2. The highest BCUT2D eigenvalue weighted by atomic mass is 32.2. The Labute approximate surface area is 308 Å². The Bertz CT molecular complexity index is 2180. The number of rotatable bonds is 14. The zero-order valence-electron chi connectivity index (χ0n) is 29.9. The van der Waals surface area contributed by atoms with E-state index < -0.39 is 20.2 Å². The van der Waals surface area contributed by atoms with E-state index in [4.69, 9.17) is 0 Å². The molecule has 4 aromatic carbocycles. The number of hydrogen-bond acceptors (Lipinski definition) is 8. The SMILES string of the molecule is CCN(CC)c1ccc(C(=C2C=CC(=[N+](CC)Cc3ccc(S(=O)(=O)[O-])cc3)C=C2)c2ccc(N(CC)Cc3ccc(S(=O)(=O)[O-])cc3)cc2)cc1. The van der Waals surface area contributed by atoms with Crippen LogP contribution in [0.5, 0.6) is 0 Å². The molecule has 5 rings (SSSR count). The molecule has 52 heavy (non-hydrogen) atoms. The third-order valence-corrected chi connectivity index (χ3v) is 11.0. The number of hydrogen-bond donors (Lipinski definition) is 0. The number of benzene rings is 4. The molecule has 0 radical (unpaired) electrons. The smallest absolute Gasteiger partial charge is 0.200 e. The molecule has 1 aliphatic rings. The second kappa shape index (κ2) is 16.7. The van der Waals surface area contributed by atoms with Crippen molar-refractivity contribution in [3.05, 3.63) is 149 Å². The van der Waals surface area contributed by atoms with Gasteiger partial charge in [0.15, 0.2) is 12.3 Å². The quantitative estimate of drug-likeness (QED) is 0.100. The van der Waals surface area contributed by atoms with Crippen molar-refractivity contribution < 1.29 is 30.5 Å². The molecule has 0 atom stereocenters. The average Bonchev–Trinajstić information content (AvgIpc) is 3.14. The van der Waals surface area contributed by atoms with Crippen molar-refractivity contribution in [3.8, 4) is 0 Å². The molecule has 0 aromatic heterocycles. The summed E-state index contributed by atoms with van der Waals surface area (Å²) in [5.41, 5.74) is 9.24. The molecular weight excluding hydrogens is 695 g/mol. The lowest BCUT2D eigenvalue weighted by Gasteiger charge is -2.24. The standard InChI is InChI=1S/C41H45N3O6S2/c1-5-42(6-2)36-19-13-33(14-20-36)41(34-15-21-37(22-16-34)43(7-3)29-31-9-25-39(26-10-31)51(45,46)47)35-17-23-38(24-18-35)44(8-4)30-32-11-27-40(28-12-32)52(48,49)50/h9-28H,5-8,29-30H2,1-4H3,(H-,45,46,47,48,49,50)/p-1. The molecule has 0 amide bonds. The summed E-state index contributed by atoms with van der Waals surface area (Å²) < 4.78 is 70.4. The third-order valence-electron chi connectivity index (χ3n) is 9.26. The summed E-state index contributed by atoms with van der Waals surface area (Å²) in [6.45, 7) is 12.8. The Kier molecular flexibility index (Phi) is 12.3. The molecular formula is C41H44N3O6S2-. The summed E-state index contributed by atoms with van der Waals surface area (Å²) in [6.07, 6.45) is 8.43. The molecule has 272 valence electrons. The van der Waals surface area contributed by atoms with Crippen LogP contribution in [0.15, 0.2) is 137 Å². The summed E-state index contributed by atoms with van der Waals surface area (Å²) in [6, 6.07) is 29.2. The van der Waals surface area contributed by atoms with Crippen molar-refractivity contribution in [2.24, 2.45) is 0 Å². The van der Waals surface area contributed by atoms with Gasteiger partial charge in [0.2, 0.25) is 0 Å². The summed E-state index contributed by atoms with van der Waals surface area (Å²) in [7, 11) is -8.99. The van der Waals surface area contributed by atoms with E-state index in [1.807, 2.05) is 0 Å². The molecule has 0 saturated heterocycles. The lowest BCUT2D eigenvalue weighted by atomic mass is 9.90. The van der Waals surface area contributed by atoms with E-state index in [9.17, 15) is 25.9 Å². The van der Waals surface area contributed by atoms with Crippen LogP contribution in [0.1, 0.15) is 49.9 Å². The molecule has 0 heterocycles. The van der Waals surface area contributed by atoms with Crippen molar-refractivity contribution >= 4 is 42.9 Å². The van der Waals surface area contributed by atoms with Crippen LogP contribution in [-0.4, -0.2) is 62.4 Å². The lowest BCUT2D eigenvalue weighted by Crippen LogP contribution is -2.22. The van der Waals surface area contributed by atoms with Gasteiger partial charge in [0, 0.05) is 55.3 Å². The first-order valence-corrected chi connectivity index (χ1v) is 20.2. The minimum atomic E-state index is -4.50. The van der Waals surface area contributed by atoms with Crippen LogP contribution in [0.2, 0.25) is 0 Å². The summed E-state index contributed by atoms with van der Waals surface area (Å²) in [4.78, 5) is 4.02. The third kappa shape index (κ3) is 9.34. The molecule has 0 aliphatic heterocycles. The van der Waals surface area contributed by atoms with Gasteiger partial charge in [-0.15, -0.1) is 0 Å². The Hall–Kier alpha value is -4.81. The van der Waals surface area contributed by atoms with Gasteiger partial charge >= 0.3 is 0 Å². The Balaban J connectivity index is 1.47. The van der Waals surface area contributed by atoms with Crippen molar-refractivity contribution in [2.75, 3.05) is 36.0 Å². The van der Waals surface area contributed by atoms with Gasteiger partial charge in [-0.3, -0.25) is 0 Å². The zero-order chi connectivity index (χ0) is 37.5. The fraction of sp³-hybridized carbons (Fsp3) is 0.244. The summed E-state index contributed by atoms with van der Waals surface area (Å²) in [5, 5.41) is 0. The van der Waals surface area contributed by atoms with E-state index in [1.54, 1.807) is 24.3 Å². The molecule has 0 saturated carbocycles. The highest BCUT2D eigenvalue weighted by Crippen LogP contribution is 2.33. The molecule has 9 nitrogen and oxygen atoms in total. The Morgan fingerprint density at radius 1 is 0.558 bits per heavy atom. The summed E-state index contributed by atoms with van der Waals surface area (Å²) >= 11 is 0. The van der Waals surface area contributed by atoms with Crippen molar-refractivity contribution in [1.82, 2.24) is 0 Å². The first-order chi connectivity index (χ1) is 24.8. The van der Waals surface area contributed by atoms with E-state index in [0.29, 0.717) is 13.1 Å². The van der Waals surface area contributed by atoms with Gasteiger partial charge in [-0.05, 0) is 116 Å². The maximum absolute atomic E-state index is 11.4. The van der Waals surface area contributed by atoms with Crippen molar-refractivity contribution in [2.45, 2.75) is 50.6 Å². The van der Waals surface area contributed by atoms with Gasteiger partial charge in [-0.25, -0.2) is 21.4 Å². The second-order valence-electron chi connectivity index (χ2n) is 12.4. The normalized spacial score (nSPS) is 13.0. The van der Waals surface area contributed by atoms with Crippen LogP contribution < -0.4 is 9.80 Å². The maximum Gasteiger partial charge on any atom is 0.200 e. The highest BCUT2D eigenvalue weighted by molar-refractivity contribution is 7.86. The van der Waals surface area contributed by atoms with Gasteiger partial charge < -0.3 is 18.9 Å². The van der Waals surface area contributed by atoms with Gasteiger partial charge in [-0.1, -0.05) is 48.5 Å². The van der Waals surface area contributed by atoms with Crippen LogP contribution in [0, 0.1) is 0 Å². The minimum Gasteiger partial charge on any atom is -0.744 e. The van der Waals surface area contributed by atoms with Crippen LogP contribution in [0.25, 0.3) is 5.57 Å². The van der Waals surface area contributed by atoms with Crippen LogP contribution >= 0.6 is 0 Å². The van der Waals surface area contributed by atoms with Crippen molar-refractivity contribution in [1.29, 1.82) is 0 Å². The van der Waals surface area contributed by atoms with Crippen LogP contribution in [-0.2, 0) is 33.3 Å². The highest BCUT2D eigenvalue weighted by Gasteiger charge is 2.17. The van der Waals surface area contributed by atoms with Gasteiger partial charge in [0.1, 0.15) is 26.8 Å². The first-order valence-electron chi connectivity index (χ1n) is 17.4. The van der Waals surface area contributed by atoms with Crippen LogP contribution in [0.3, 0.4) is 0 Å². The monoisotopic (exact) mass is 738 g/mol. The Morgan fingerprint density at radius 2 is 0.981 bits per heavy atom. The molecule has 0 bridgehead atoms. The average molecular weight is 739 g/mol. The van der Waals surface area contributed by atoms with Gasteiger partial charge in [0.25, 0.3) is 0 Å². The van der Waals surface area contributed by atoms with Gasteiger partial charge in [-0.2, -0.15) is 0 Å². The molecule has 11 heteroatoms. The predicted molar refractivity (Wildman–Crippen MR) is 206 cm³/mol. The molecule has 0 spiro atoms. The molecule has 0 unspecified atom stereocenters.